The maximum atomic E-state index is 9.44. The van der Waals surface area contributed by atoms with E-state index in [4.69, 9.17) is 12.2 Å². The molecule has 1 aromatic rings. The van der Waals surface area contributed by atoms with Crippen molar-refractivity contribution in [3.05, 3.63) is 23.8 Å². The van der Waals surface area contributed by atoms with Crippen LogP contribution in [0.25, 0.3) is 0 Å². The highest BCUT2D eigenvalue weighted by molar-refractivity contribution is 7.80. The summed E-state index contributed by atoms with van der Waals surface area (Å²) >= 11 is 4.91. The number of phenolic OH excluding ortho intramolecular Hbond substituents is 2. The number of hydrogen-bond donors (Lipinski definition) is 5. The fraction of sp³-hybridized carbons (Fsp3) is 0.200. The van der Waals surface area contributed by atoms with Crippen LogP contribution in [-0.2, 0) is 0 Å². The molecule has 0 unspecified atom stereocenters. The minimum atomic E-state index is 0.0708. The first-order valence-electron chi connectivity index (χ1n) is 4.78. The zero-order valence-electron chi connectivity index (χ0n) is 8.82. The maximum absolute atomic E-state index is 9.44. The van der Waals surface area contributed by atoms with Gasteiger partial charge in [-0.05, 0) is 37.3 Å². The molecular weight excluding hydrogens is 226 g/mol. The molecule has 0 atom stereocenters. The highest BCUT2D eigenvalue weighted by Gasteiger charge is 2.02. The largest absolute Gasteiger partial charge is 0.508 e. The van der Waals surface area contributed by atoms with Gasteiger partial charge >= 0.3 is 0 Å². The van der Waals surface area contributed by atoms with E-state index in [2.05, 4.69) is 15.8 Å². The van der Waals surface area contributed by atoms with Crippen LogP contribution in [-0.4, -0.2) is 28.1 Å². The Morgan fingerprint density at radius 1 is 1.50 bits per heavy atom. The van der Waals surface area contributed by atoms with Crippen molar-refractivity contribution in [2.24, 2.45) is 0 Å². The van der Waals surface area contributed by atoms with E-state index in [1.807, 2.05) is 6.92 Å². The average Bonchev–Trinajstić information content (AvgIpc) is 2.23. The van der Waals surface area contributed by atoms with Crippen LogP contribution >= 0.6 is 12.2 Å². The van der Waals surface area contributed by atoms with Crippen LogP contribution in [0.5, 0.6) is 11.5 Å². The van der Waals surface area contributed by atoms with Crippen LogP contribution in [0, 0.1) is 0 Å². The van der Waals surface area contributed by atoms with Gasteiger partial charge in [0, 0.05) is 6.54 Å². The molecule has 16 heavy (non-hydrogen) atoms. The fourth-order valence-corrected chi connectivity index (χ4v) is 1.24. The molecule has 0 saturated carbocycles. The summed E-state index contributed by atoms with van der Waals surface area (Å²) < 4.78 is 0. The number of aromatic hydroxyl groups is 2. The van der Waals surface area contributed by atoms with Crippen molar-refractivity contribution >= 4 is 23.5 Å². The summed E-state index contributed by atoms with van der Waals surface area (Å²) in [7, 11) is 0. The molecule has 0 amide bonds. The molecule has 5 nitrogen and oxygen atoms in total. The van der Waals surface area contributed by atoms with Gasteiger partial charge in [-0.3, -0.25) is 0 Å². The maximum Gasteiger partial charge on any atom is 0.223 e. The number of thiocarbonyl (C=S) groups is 1. The van der Waals surface area contributed by atoms with Gasteiger partial charge in [-0.25, -0.2) is 0 Å². The lowest BCUT2D eigenvalue weighted by Gasteiger charge is -1.99. The van der Waals surface area contributed by atoms with E-state index in [0.717, 1.165) is 6.54 Å². The molecule has 0 fully saturated rings. The lowest BCUT2D eigenvalue weighted by Crippen LogP contribution is -2.82. The van der Waals surface area contributed by atoms with Crippen LogP contribution in [0.3, 0.4) is 0 Å². The Morgan fingerprint density at radius 2 is 2.25 bits per heavy atom. The Hall–Kier alpha value is -1.82. The number of phenols is 2. The van der Waals surface area contributed by atoms with Crippen molar-refractivity contribution in [2.75, 3.05) is 6.54 Å². The molecule has 0 radical (unpaired) electrons. The molecule has 0 aliphatic rings. The van der Waals surface area contributed by atoms with Crippen LogP contribution in [0.2, 0.25) is 0 Å². The monoisotopic (exact) mass is 240 g/mol. The van der Waals surface area contributed by atoms with Gasteiger partial charge in [0.05, 0.1) is 5.56 Å². The molecule has 0 bridgehead atoms. The highest BCUT2D eigenvalue weighted by Crippen LogP contribution is 2.19. The Bertz CT molecular complexity index is 407. The second-order valence-electron chi connectivity index (χ2n) is 3.02. The lowest BCUT2D eigenvalue weighted by atomic mass is 10.2. The molecule has 0 aromatic heterocycles. The molecular formula is C10H14N3O2S+. The third-order valence-corrected chi connectivity index (χ3v) is 2.01. The van der Waals surface area contributed by atoms with Gasteiger partial charge in [-0.2, -0.15) is 0 Å². The first-order chi connectivity index (χ1) is 7.63. The molecule has 0 heterocycles. The molecule has 1 aromatic carbocycles. The number of benzene rings is 1. The van der Waals surface area contributed by atoms with Crippen molar-refractivity contribution in [1.29, 1.82) is 0 Å². The van der Waals surface area contributed by atoms with Gasteiger partial charge in [0.25, 0.3) is 0 Å². The number of hydrazone groups is 1. The predicted octanol–water partition coefficient (Wildman–Crippen LogP) is -1.00. The van der Waals surface area contributed by atoms with Crippen molar-refractivity contribution in [2.45, 2.75) is 6.92 Å². The van der Waals surface area contributed by atoms with Gasteiger partial charge < -0.3 is 15.5 Å². The zero-order chi connectivity index (χ0) is 12.0. The molecule has 6 heteroatoms. The zero-order valence-corrected chi connectivity index (χ0v) is 9.64. The molecule has 86 valence electrons. The number of hydrazine groups is 1. The van der Waals surface area contributed by atoms with E-state index in [1.165, 1.54) is 24.4 Å². The van der Waals surface area contributed by atoms with E-state index >= 15 is 0 Å². The van der Waals surface area contributed by atoms with Crippen molar-refractivity contribution in [1.82, 2.24) is 10.7 Å². The van der Waals surface area contributed by atoms with E-state index < -0.39 is 0 Å². The van der Waals surface area contributed by atoms with E-state index in [1.54, 1.807) is 0 Å². The third-order valence-electron chi connectivity index (χ3n) is 1.76. The van der Waals surface area contributed by atoms with E-state index in [9.17, 15) is 10.2 Å². The van der Waals surface area contributed by atoms with Crippen LogP contribution in [0.1, 0.15) is 12.5 Å². The smallest absolute Gasteiger partial charge is 0.223 e. The molecule has 0 spiro atoms. The van der Waals surface area contributed by atoms with Crippen LogP contribution < -0.4 is 15.8 Å². The summed E-state index contributed by atoms with van der Waals surface area (Å²) in [6.07, 6.45) is 1.50. The summed E-state index contributed by atoms with van der Waals surface area (Å²) in [5.74, 6) is 0.154. The quantitative estimate of drug-likeness (QED) is 0.203. The Labute approximate surface area is 98.8 Å². The van der Waals surface area contributed by atoms with Crippen molar-refractivity contribution < 1.29 is 15.3 Å². The molecule has 0 aliphatic carbocycles. The Kier molecular flexibility index (Phi) is 4.53. The van der Waals surface area contributed by atoms with Crippen LogP contribution in [0.15, 0.2) is 18.2 Å². The predicted molar refractivity (Wildman–Crippen MR) is 65.3 cm³/mol. The molecule has 5 N–H and O–H groups in total. The van der Waals surface area contributed by atoms with Gasteiger partial charge in [0.2, 0.25) is 11.3 Å². The summed E-state index contributed by atoms with van der Waals surface area (Å²) in [6, 6.07) is 4.25. The standard InChI is InChI=1S/C10H13N3O2S/c1-2-11-10(16)13-12-6-7-5-8(14)3-4-9(7)15/h3-6,14-15H,2H2,1H3,(H2,11,13,16)/p+1/b12-6+. The Balaban J connectivity index is 2.62. The van der Waals surface area contributed by atoms with Gasteiger partial charge in [-0.1, -0.05) is 0 Å². The molecule has 0 aliphatic heterocycles. The molecule has 0 saturated heterocycles. The minimum absolute atomic E-state index is 0.0708. The number of hydrogen-bond acceptors (Lipinski definition) is 3. The molecule has 1 rings (SSSR count). The van der Waals surface area contributed by atoms with Crippen molar-refractivity contribution in [3.8, 4) is 11.5 Å². The summed E-state index contributed by atoms with van der Waals surface area (Å²) in [5, 5.41) is 24.7. The second kappa shape index (κ2) is 5.92. The van der Waals surface area contributed by atoms with E-state index in [0.29, 0.717) is 10.7 Å². The van der Waals surface area contributed by atoms with Crippen LogP contribution in [0.4, 0.5) is 0 Å². The highest BCUT2D eigenvalue weighted by atomic mass is 32.1. The fourth-order valence-electron chi connectivity index (χ4n) is 1.04. The average molecular weight is 240 g/mol. The SMILES string of the molecule is CCNC(=S)N/[NH+]=C/c1cc(O)ccc1O. The van der Waals surface area contributed by atoms with Gasteiger partial charge in [0.15, 0.2) is 0 Å². The Morgan fingerprint density at radius 3 is 2.94 bits per heavy atom. The van der Waals surface area contributed by atoms with E-state index in [-0.39, 0.29) is 11.5 Å². The topological polar surface area (TPSA) is 78.5 Å². The first-order valence-corrected chi connectivity index (χ1v) is 5.19. The summed E-state index contributed by atoms with van der Waals surface area (Å²) in [5.41, 5.74) is 3.17. The second-order valence-corrected chi connectivity index (χ2v) is 3.42. The lowest BCUT2D eigenvalue weighted by molar-refractivity contribution is -0.500. The number of rotatable bonds is 3. The summed E-state index contributed by atoms with van der Waals surface area (Å²) in [4.78, 5) is 0. The van der Waals surface area contributed by atoms with Gasteiger partial charge in [-0.15, -0.1) is 10.5 Å². The summed E-state index contributed by atoms with van der Waals surface area (Å²) in [6.45, 7) is 2.66. The normalized spacial score (nSPS) is 10.3. The van der Waals surface area contributed by atoms with Crippen molar-refractivity contribution in [3.63, 3.8) is 0 Å². The number of nitrogens with one attached hydrogen (secondary N) is 3. The van der Waals surface area contributed by atoms with Gasteiger partial charge in [0.1, 0.15) is 11.5 Å². The third kappa shape index (κ3) is 3.74. The minimum Gasteiger partial charge on any atom is -0.508 e. The first kappa shape index (κ1) is 12.3.